The number of anilines is 1. The number of amides is 1. The van der Waals surface area contributed by atoms with Gasteiger partial charge in [0.2, 0.25) is 5.89 Å². The molecule has 0 spiro atoms. The highest BCUT2D eigenvalue weighted by Crippen LogP contribution is 2.28. The van der Waals surface area contributed by atoms with Gasteiger partial charge in [-0.25, -0.2) is 0 Å². The van der Waals surface area contributed by atoms with Crippen LogP contribution in [0, 0.1) is 0 Å². The number of hydrogen-bond acceptors (Lipinski definition) is 6. The Morgan fingerprint density at radius 2 is 1.72 bits per heavy atom. The molecule has 2 aromatic carbocycles. The quantitative estimate of drug-likeness (QED) is 0.385. The van der Waals surface area contributed by atoms with Gasteiger partial charge in [0.1, 0.15) is 5.75 Å². The Labute approximate surface area is 186 Å². The minimum absolute atomic E-state index is 0.0750. The molecule has 1 amide bonds. The lowest BCUT2D eigenvalue weighted by Gasteiger charge is -2.23. The molecule has 0 aliphatic rings. The molecule has 0 saturated heterocycles. The summed E-state index contributed by atoms with van der Waals surface area (Å²) < 4.78 is 16.5. The minimum Gasteiger partial charge on any atom is -0.484 e. The molecule has 0 fully saturated rings. The van der Waals surface area contributed by atoms with Crippen molar-refractivity contribution < 1.29 is 18.4 Å². The third-order valence-corrected chi connectivity index (χ3v) is 5.46. The lowest BCUT2D eigenvalue weighted by Crippen LogP contribution is -2.20. The number of rotatable bonds is 8. The van der Waals surface area contributed by atoms with Crippen molar-refractivity contribution in [2.75, 3.05) is 11.9 Å². The number of carbonyl (C=O) groups is 1. The summed E-state index contributed by atoms with van der Waals surface area (Å²) in [6.45, 7) is 6.51. The number of benzene rings is 2. The summed E-state index contributed by atoms with van der Waals surface area (Å²) in [5, 5.41) is 10.8. The fraction of sp³-hybridized carbons (Fsp3) is 0.240. The van der Waals surface area contributed by atoms with Crippen molar-refractivity contribution in [3.05, 3.63) is 72.5 Å². The van der Waals surface area contributed by atoms with E-state index in [4.69, 9.17) is 13.6 Å². The van der Waals surface area contributed by atoms with Crippen LogP contribution >= 0.6 is 0 Å². The topological polar surface area (TPSA) is 90.4 Å². The Hall–Kier alpha value is -3.87. The van der Waals surface area contributed by atoms with E-state index in [1.807, 2.05) is 24.3 Å². The van der Waals surface area contributed by atoms with Gasteiger partial charge < -0.3 is 18.9 Å². The summed E-state index contributed by atoms with van der Waals surface area (Å²) in [5.74, 6) is 1.61. The van der Waals surface area contributed by atoms with E-state index < -0.39 is 0 Å². The molecule has 0 unspecified atom stereocenters. The second-order valence-corrected chi connectivity index (χ2v) is 8.07. The van der Waals surface area contributed by atoms with E-state index >= 15 is 0 Å². The highest BCUT2D eigenvalue weighted by Gasteiger charge is 2.17. The third-order valence-electron chi connectivity index (χ3n) is 5.46. The number of nitrogens with zero attached hydrogens (tertiary/aromatic N) is 2. The van der Waals surface area contributed by atoms with E-state index in [1.165, 1.54) is 5.56 Å². The molecule has 0 atom stereocenters. The van der Waals surface area contributed by atoms with Gasteiger partial charge >= 0.3 is 0 Å². The molecule has 4 aromatic rings. The molecule has 32 heavy (non-hydrogen) atoms. The van der Waals surface area contributed by atoms with Crippen molar-refractivity contribution >= 4 is 11.6 Å². The van der Waals surface area contributed by atoms with Crippen LogP contribution in [0.15, 0.2) is 75.8 Å². The lowest BCUT2D eigenvalue weighted by molar-refractivity contribution is -0.118. The summed E-state index contributed by atoms with van der Waals surface area (Å²) in [6.07, 6.45) is 2.59. The Morgan fingerprint density at radius 1 is 1.00 bits per heavy atom. The second kappa shape index (κ2) is 9.09. The smallest absolute Gasteiger partial charge is 0.283 e. The van der Waals surface area contributed by atoms with Crippen molar-refractivity contribution in [2.45, 2.75) is 32.6 Å². The summed E-state index contributed by atoms with van der Waals surface area (Å²) >= 11 is 0. The van der Waals surface area contributed by atoms with Crippen molar-refractivity contribution in [3.63, 3.8) is 0 Å². The summed E-state index contributed by atoms with van der Waals surface area (Å²) in [4.78, 5) is 12.3. The SMILES string of the molecule is CCC(C)(C)c1ccc(OCC(=O)Nc2ccc(-c3nnc(-c4ccco4)o3)cc2)cc1. The predicted octanol–water partition coefficient (Wildman–Crippen LogP) is 5.70. The van der Waals surface area contributed by atoms with Gasteiger partial charge in [0, 0.05) is 11.3 Å². The number of nitrogens with one attached hydrogen (secondary N) is 1. The van der Waals surface area contributed by atoms with Gasteiger partial charge in [0.15, 0.2) is 12.4 Å². The Morgan fingerprint density at radius 3 is 2.38 bits per heavy atom. The molecule has 1 N–H and O–H groups in total. The predicted molar refractivity (Wildman–Crippen MR) is 121 cm³/mol. The molecule has 7 nitrogen and oxygen atoms in total. The molecular weight excluding hydrogens is 406 g/mol. The van der Waals surface area contributed by atoms with Crippen molar-refractivity contribution in [1.29, 1.82) is 0 Å². The van der Waals surface area contributed by atoms with Gasteiger partial charge in [0.05, 0.1) is 6.26 Å². The molecule has 0 saturated carbocycles. The maximum absolute atomic E-state index is 12.3. The van der Waals surface area contributed by atoms with Crippen LogP contribution in [0.5, 0.6) is 5.75 Å². The van der Waals surface area contributed by atoms with E-state index in [9.17, 15) is 4.79 Å². The zero-order chi connectivity index (χ0) is 22.6. The lowest BCUT2D eigenvalue weighted by atomic mass is 9.82. The molecule has 2 aromatic heterocycles. The molecule has 2 heterocycles. The first-order chi connectivity index (χ1) is 15.4. The van der Waals surface area contributed by atoms with Gasteiger partial charge in [-0.15, -0.1) is 10.2 Å². The first-order valence-electron chi connectivity index (χ1n) is 10.5. The standard InChI is InChI=1S/C25H25N3O4/c1-4-25(2,3)18-9-13-20(14-10-18)31-16-22(29)26-19-11-7-17(8-12-19)23-27-28-24(32-23)21-6-5-15-30-21/h5-15H,4,16H2,1-3H3,(H,26,29). The fourth-order valence-electron chi connectivity index (χ4n) is 3.09. The number of aromatic nitrogens is 2. The zero-order valence-corrected chi connectivity index (χ0v) is 18.3. The molecule has 0 aliphatic heterocycles. The molecule has 0 bridgehead atoms. The van der Waals surface area contributed by atoms with Crippen molar-refractivity contribution in [1.82, 2.24) is 10.2 Å². The first kappa shape index (κ1) is 21.4. The van der Waals surface area contributed by atoms with Gasteiger partial charge in [-0.3, -0.25) is 4.79 Å². The van der Waals surface area contributed by atoms with Gasteiger partial charge in [0.25, 0.3) is 11.8 Å². The average molecular weight is 431 g/mol. The average Bonchev–Trinajstić information content (AvgIpc) is 3.51. The largest absolute Gasteiger partial charge is 0.484 e. The van der Waals surface area contributed by atoms with Crippen LogP contribution < -0.4 is 10.1 Å². The van der Waals surface area contributed by atoms with Crippen LogP contribution in [0.3, 0.4) is 0 Å². The van der Waals surface area contributed by atoms with Crippen molar-refractivity contribution in [2.24, 2.45) is 0 Å². The van der Waals surface area contributed by atoms with E-state index in [0.717, 1.165) is 12.0 Å². The van der Waals surface area contributed by atoms with Crippen LogP contribution in [-0.2, 0) is 10.2 Å². The van der Waals surface area contributed by atoms with Crippen LogP contribution in [0.4, 0.5) is 5.69 Å². The number of furan rings is 1. The normalized spacial score (nSPS) is 11.3. The Bertz CT molecular complexity index is 1160. The maximum atomic E-state index is 12.3. The Kier molecular flexibility index (Phi) is 6.07. The van der Waals surface area contributed by atoms with Crippen molar-refractivity contribution in [3.8, 4) is 28.9 Å². The first-order valence-corrected chi connectivity index (χ1v) is 10.5. The fourth-order valence-corrected chi connectivity index (χ4v) is 3.09. The van der Waals surface area contributed by atoms with Crippen LogP contribution in [0.25, 0.3) is 23.1 Å². The van der Waals surface area contributed by atoms with Gasteiger partial charge in [-0.2, -0.15) is 0 Å². The number of hydrogen-bond donors (Lipinski definition) is 1. The van der Waals surface area contributed by atoms with E-state index in [0.29, 0.717) is 29.0 Å². The molecule has 0 aliphatic carbocycles. The zero-order valence-electron chi connectivity index (χ0n) is 18.3. The second-order valence-electron chi connectivity index (χ2n) is 8.07. The highest BCUT2D eigenvalue weighted by molar-refractivity contribution is 5.92. The summed E-state index contributed by atoms with van der Waals surface area (Å²) in [5.41, 5.74) is 2.74. The molecule has 4 rings (SSSR count). The monoisotopic (exact) mass is 431 g/mol. The molecule has 0 radical (unpaired) electrons. The van der Waals surface area contributed by atoms with Gasteiger partial charge in [-0.1, -0.05) is 32.9 Å². The van der Waals surface area contributed by atoms with Crippen LogP contribution in [0.2, 0.25) is 0 Å². The summed E-state index contributed by atoms with van der Waals surface area (Å²) in [6, 6.07) is 18.5. The van der Waals surface area contributed by atoms with E-state index in [1.54, 1.807) is 42.7 Å². The number of carbonyl (C=O) groups excluding carboxylic acids is 1. The van der Waals surface area contributed by atoms with E-state index in [2.05, 4.69) is 36.3 Å². The maximum Gasteiger partial charge on any atom is 0.283 e. The summed E-state index contributed by atoms with van der Waals surface area (Å²) in [7, 11) is 0. The van der Waals surface area contributed by atoms with Gasteiger partial charge in [-0.05, 0) is 65.9 Å². The highest BCUT2D eigenvalue weighted by atomic mass is 16.5. The molecule has 164 valence electrons. The molecular formula is C25H25N3O4. The Balaban J connectivity index is 1.31. The third kappa shape index (κ3) is 4.88. The van der Waals surface area contributed by atoms with Crippen LogP contribution in [-0.4, -0.2) is 22.7 Å². The molecule has 7 heteroatoms. The van der Waals surface area contributed by atoms with E-state index in [-0.39, 0.29) is 17.9 Å². The number of ether oxygens (including phenoxy) is 1. The van der Waals surface area contributed by atoms with Crippen LogP contribution in [0.1, 0.15) is 32.8 Å². The minimum atomic E-state index is -0.242.